The Morgan fingerprint density at radius 3 is 2.56 bits per heavy atom. The van der Waals surface area contributed by atoms with Crippen LogP contribution in [-0.4, -0.2) is 24.0 Å². The van der Waals surface area contributed by atoms with Crippen molar-refractivity contribution in [2.75, 3.05) is 12.4 Å². The summed E-state index contributed by atoms with van der Waals surface area (Å²) >= 11 is 5.63. The lowest BCUT2D eigenvalue weighted by Gasteiger charge is -2.16. The molecule has 2 aromatic carbocycles. The van der Waals surface area contributed by atoms with E-state index in [1.54, 1.807) is 13.0 Å². The van der Waals surface area contributed by atoms with Crippen LogP contribution in [0.2, 0.25) is 5.02 Å². The summed E-state index contributed by atoms with van der Waals surface area (Å²) in [6, 6.07) is 7.49. The molecule has 8 heteroatoms. The molecule has 0 fully saturated rings. The van der Waals surface area contributed by atoms with Crippen molar-refractivity contribution in [3.05, 3.63) is 52.8 Å². The first-order valence-electron chi connectivity index (χ1n) is 7.25. The molecule has 2 amide bonds. The third-order valence-electron chi connectivity index (χ3n) is 3.43. The second kappa shape index (κ2) is 7.85. The molecule has 0 saturated carbocycles. The van der Waals surface area contributed by atoms with Gasteiger partial charge in [-0.15, -0.1) is 0 Å². The van der Waals surface area contributed by atoms with Crippen LogP contribution in [0.25, 0.3) is 0 Å². The van der Waals surface area contributed by atoms with Gasteiger partial charge in [0.05, 0.1) is 18.8 Å². The number of carbonyl (C=O) groups is 2. The highest BCUT2D eigenvalue weighted by Crippen LogP contribution is 2.28. The van der Waals surface area contributed by atoms with Crippen LogP contribution in [0.3, 0.4) is 0 Å². The van der Waals surface area contributed by atoms with Crippen molar-refractivity contribution in [1.29, 1.82) is 0 Å². The number of rotatable bonds is 4. The van der Waals surface area contributed by atoms with E-state index in [1.807, 2.05) is 0 Å². The van der Waals surface area contributed by atoms with E-state index in [1.165, 1.54) is 31.4 Å². The van der Waals surface area contributed by atoms with E-state index in [2.05, 4.69) is 10.6 Å². The van der Waals surface area contributed by atoms with Crippen LogP contribution in [0.1, 0.15) is 18.5 Å². The van der Waals surface area contributed by atoms with Gasteiger partial charge in [-0.05, 0) is 43.3 Å². The molecule has 25 heavy (non-hydrogen) atoms. The summed E-state index contributed by atoms with van der Waals surface area (Å²) in [6.45, 7) is 1.59. The Balaban J connectivity index is 2.06. The summed E-state index contributed by atoms with van der Waals surface area (Å²) in [4.78, 5) is 23.9. The van der Waals surface area contributed by atoms with Crippen LogP contribution in [0.4, 0.5) is 10.1 Å². The highest BCUT2D eigenvalue weighted by atomic mass is 35.5. The minimum Gasteiger partial charge on any atom is -0.508 e. The summed E-state index contributed by atoms with van der Waals surface area (Å²) in [5.74, 6) is -2.36. The average Bonchev–Trinajstić information content (AvgIpc) is 2.57. The summed E-state index contributed by atoms with van der Waals surface area (Å²) in [5, 5.41) is 14.6. The number of amides is 2. The third kappa shape index (κ3) is 4.60. The number of carbonyl (C=O) groups excluding carboxylic acids is 2. The fourth-order valence-electron chi connectivity index (χ4n) is 2.12. The van der Waals surface area contributed by atoms with Gasteiger partial charge in [-0.2, -0.15) is 0 Å². The predicted molar refractivity (Wildman–Crippen MR) is 91.3 cm³/mol. The number of anilines is 1. The molecule has 1 atom stereocenters. The summed E-state index contributed by atoms with van der Waals surface area (Å²) < 4.78 is 18.7. The van der Waals surface area contributed by atoms with E-state index in [-0.39, 0.29) is 16.5 Å². The zero-order valence-electron chi connectivity index (χ0n) is 13.5. The van der Waals surface area contributed by atoms with Gasteiger partial charge in [-0.3, -0.25) is 9.59 Å². The van der Waals surface area contributed by atoms with E-state index >= 15 is 0 Å². The number of methoxy groups -OCH3 is 1. The Hall–Kier alpha value is -2.80. The standard InChI is InChI=1S/C17H16ClFN2O4/c1-9(12-8-11(25-2)4-6-15(12)22)20-16(23)17(24)21-14-5-3-10(18)7-13(14)19/h3-9,22H,1-2H3,(H,20,23)(H,21,24). The lowest BCUT2D eigenvalue weighted by molar-refractivity contribution is -0.136. The molecule has 0 aliphatic carbocycles. The maximum Gasteiger partial charge on any atom is 0.313 e. The van der Waals surface area contributed by atoms with Gasteiger partial charge in [-0.1, -0.05) is 11.6 Å². The van der Waals surface area contributed by atoms with E-state index in [4.69, 9.17) is 16.3 Å². The largest absolute Gasteiger partial charge is 0.508 e. The van der Waals surface area contributed by atoms with Crippen LogP contribution in [0.5, 0.6) is 11.5 Å². The fourth-order valence-corrected chi connectivity index (χ4v) is 2.28. The van der Waals surface area contributed by atoms with E-state index in [0.29, 0.717) is 11.3 Å². The van der Waals surface area contributed by atoms with Crippen molar-refractivity contribution in [1.82, 2.24) is 5.32 Å². The molecule has 0 heterocycles. The minimum absolute atomic E-state index is 0.0576. The molecule has 0 aromatic heterocycles. The number of hydrogen-bond acceptors (Lipinski definition) is 4. The highest BCUT2D eigenvalue weighted by molar-refractivity contribution is 6.39. The molecule has 0 saturated heterocycles. The molecule has 0 radical (unpaired) electrons. The lowest BCUT2D eigenvalue weighted by Crippen LogP contribution is -2.37. The van der Waals surface area contributed by atoms with Gasteiger partial charge in [0.2, 0.25) is 0 Å². The van der Waals surface area contributed by atoms with Gasteiger partial charge < -0.3 is 20.5 Å². The van der Waals surface area contributed by atoms with Gasteiger partial charge in [0.25, 0.3) is 0 Å². The number of halogens is 2. The number of nitrogens with one attached hydrogen (secondary N) is 2. The lowest BCUT2D eigenvalue weighted by atomic mass is 10.1. The molecule has 3 N–H and O–H groups in total. The Morgan fingerprint density at radius 2 is 1.92 bits per heavy atom. The molecule has 0 bridgehead atoms. The third-order valence-corrected chi connectivity index (χ3v) is 3.67. The highest BCUT2D eigenvalue weighted by Gasteiger charge is 2.20. The van der Waals surface area contributed by atoms with Gasteiger partial charge >= 0.3 is 11.8 Å². The number of phenolic OH excluding ortho intramolecular Hbond substituents is 1. The maximum absolute atomic E-state index is 13.7. The summed E-state index contributed by atoms with van der Waals surface area (Å²) in [6.07, 6.45) is 0. The van der Waals surface area contributed by atoms with Crippen molar-refractivity contribution < 1.29 is 23.8 Å². The molecular weight excluding hydrogens is 351 g/mol. The van der Waals surface area contributed by atoms with Gasteiger partial charge in [0, 0.05) is 10.6 Å². The molecule has 0 aliphatic rings. The van der Waals surface area contributed by atoms with Crippen LogP contribution in [0, 0.1) is 5.82 Å². The van der Waals surface area contributed by atoms with E-state index in [0.717, 1.165) is 6.07 Å². The maximum atomic E-state index is 13.7. The quantitative estimate of drug-likeness (QED) is 0.726. The number of ether oxygens (including phenoxy) is 1. The topological polar surface area (TPSA) is 87.7 Å². The van der Waals surface area contributed by atoms with E-state index < -0.39 is 23.7 Å². The molecule has 2 rings (SSSR count). The molecule has 1 unspecified atom stereocenters. The molecule has 0 aliphatic heterocycles. The first kappa shape index (κ1) is 18.5. The second-order valence-corrected chi connectivity index (χ2v) is 5.63. The van der Waals surface area contributed by atoms with Crippen LogP contribution >= 0.6 is 11.6 Å². The van der Waals surface area contributed by atoms with Crippen molar-refractivity contribution in [3.63, 3.8) is 0 Å². The van der Waals surface area contributed by atoms with Crippen molar-refractivity contribution >= 4 is 29.1 Å². The summed E-state index contributed by atoms with van der Waals surface area (Å²) in [5.41, 5.74) is 0.208. The Labute approximate surface area is 148 Å². The summed E-state index contributed by atoms with van der Waals surface area (Å²) in [7, 11) is 1.47. The first-order chi connectivity index (χ1) is 11.8. The van der Waals surface area contributed by atoms with Crippen molar-refractivity contribution in [2.45, 2.75) is 13.0 Å². The zero-order valence-corrected chi connectivity index (χ0v) is 14.2. The number of phenols is 1. The normalized spacial score (nSPS) is 11.5. The van der Waals surface area contributed by atoms with Crippen LogP contribution in [-0.2, 0) is 9.59 Å². The molecule has 132 valence electrons. The average molecular weight is 367 g/mol. The van der Waals surface area contributed by atoms with Crippen LogP contribution < -0.4 is 15.4 Å². The zero-order chi connectivity index (χ0) is 18.6. The van der Waals surface area contributed by atoms with E-state index in [9.17, 15) is 19.1 Å². The number of benzene rings is 2. The second-order valence-electron chi connectivity index (χ2n) is 5.20. The predicted octanol–water partition coefficient (Wildman–Crippen LogP) is 3.01. The Bertz CT molecular complexity index is 813. The Morgan fingerprint density at radius 1 is 1.20 bits per heavy atom. The molecular formula is C17H16ClFN2O4. The molecule has 0 spiro atoms. The van der Waals surface area contributed by atoms with Crippen molar-refractivity contribution in [3.8, 4) is 11.5 Å². The smallest absolute Gasteiger partial charge is 0.313 e. The monoisotopic (exact) mass is 366 g/mol. The molecule has 6 nitrogen and oxygen atoms in total. The minimum atomic E-state index is -1.05. The fraction of sp³-hybridized carbons (Fsp3) is 0.176. The number of hydrogen-bond donors (Lipinski definition) is 3. The van der Waals surface area contributed by atoms with Crippen LogP contribution in [0.15, 0.2) is 36.4 Å². The van der Waals surface area contributed by atoms with Gasteiger partial charge in [0.1, 0.15) is 17.3 Å². The van der Waals surface area contributed by atoms with Gasteiger partial charge in [0.15, 0.2) is 0 Å². The van der Waals surface area contributed by atoms with Gasteiger partial charge in [-0.25, -0.2) is 4.39 Å². The molecule has 2 aromatic rings. The SMILES string of the molecule is COc1ccc(O)c(C(C)NC(=O)C(=O)Nc2ccc(Cl)cc2F)c1. The van der Waals surface area contributed by atoms with Crippen molar-refractivity contribution in [2.24, 2.45) is 0 Å². The number of aromatic hydroxyl groups is 1. The Kier molecular flexibility index (Phi) is 5.82. The first-order valence-corrected chi connectivity index (χ1v) is 7.63.